The first-order chi connectivity index (χ1) is 8.10. The van der Waals surface area contributed by atoms with Gasteiger partial charge in [-0.1, -0.05) is 25.9 Å². The molecule has 0 bridgehead atoms. The largest absolute Gasteiger partial charge is 0.409 e. The third-order valence-corrected chi connectivity index (χ3v) is 3.17. The second-order valence-electron chi connectivity index (χ2n) is 4.38. The minimum Gasteiger partial charge on any atom is -0.409 e. The van der Waals surface area contributed by atoms with E-state index >= 15 is 0 Å². The van der Waals surface area contributed by atoms with Crippen molar-refractivity contribution in [3.63, 3.8) is 0 Å². The molecule has 17 heavy (non-hydrogen) atoms. The summed E-state index contributed by atoms with van der Waals surface area (Å²) in [5.41, 5.74) is 5.62. The van der Waals surface area contributed by atoms with Gasteiger partial charge in [0.2, 0.25) is 0 Å². The van der Waals surface area contributed by atoms with Gasteiger partial charge in [-0.05, 0) is 12.8 Å². The van der Waals surface area contributed by atoms with Crippen molar-refractivity contribution in [2.75, 3.05) is 26.8 Å². The molecule has 0 spiro atoms. The van der Waals surface area contributed by atoms with Crippen LogP contribution < -0.4 is 5.73 Å². The Bertz CT molecular complexity index is 218. The fraction of sp³-hybridized carbons (Fsp3) is 0.917. The third-order valence-electron chi connectivity index (χ3n) is 3.17. The van der Waals surface area contributed by atoms with E-state index in [1.54, 1.807) is 7.11 Å². The fourth-order valence-electron chi connectivity index (χ4n) is 1.98. The SMILES string of the molecule is CCC(CC)N(CCOC)CC(C)/C(N)=N/O. The summed E-state index contributed by atoms with van der Waals surface area (Å²) in [4.78, 5) is 2.35. The predicted octanol–water partition coefficient (Wildman–Crippen LogP) is 1.51. The average molecular weight is 245 g/mol. The molecule has 0 aliphatic heterocycles. The Labute approximate surface area is 105 Å². The molecule has 0 heterocycles. The number of nitrogens with two attached hydrogens (primary N) is 1. The first kappa shape index (κ1) is 16.2. The monoisotopic (exact) mass is 245 g/mol. The summed E-state index contributed by atoms with van der Waals surface area (Å²) in [6.07, 6.45) is 2.20. The molecule has 5 nitrogen and oxygen atoms in total. The van der Waals surface area contributed by atoms with Gasteiger partial charge in [-0.25, -0.2) is 0 Å². The highest BCUT2D eigenvalue weighted by Crippen LogP contribution is 2.11. The van der Waals surface area contributed by atoms with E-state index in [-0.39, 0.29) is 5.92 Å². The summed E-state index contributed by atoms with van der Waals surface area (Å²) in [7, 11) is 1.71. The number of ether oxygens (including phenoxy) is 1. The Morgan fingerprint density at radius 1 is 1.41 bits per heavy atom. The topological polar surface area (TPSA) is 71.1 Å². The number of rotatable bonds is 9. The van der Waals surface area contributed by atoms with Gasteiger partial charge < -0.3 is 15.7 Å². The van der Waals surface area contributed by atoms with E-state index in [0.29, 0.717) is 18.5 Å². The minimum absolute atomic E-state index is 0.0532. The summed E-state index contributed by atoms with van der Waals surface area (Å²) in [5, 5.41) is 11.7. The molecule has 0 rings (SSSR count). The van der Waals surface area contributed by atoms with Gasteiger partial charge >= 0.3 is 0 Å². The maximum absolute atomic E-state index is 8.67. The van der Waals surface area contributed by atoms with Gasteiger partial charge in [0, 0.05) is 32.2 Å². The predicted molar refractivity (Wildman–Crippen MR) is 70.4 cm³/mol. The van der Waals surface area contributed by atoms with Crippen molar-refractivity contribution in [2.24, 2.45) is 16.8 Å². The number of hydrogen-bond donors (Lipinski definition) is 2. The van der Waals surface area contributed by atoms with Crippen LogP contribution in [-0.2, 0) is 4.74 Å². The molecule has 0 aliphatic carbocycles. The van der Waals surface area contributed by atoms with Crippen molar-refractivity contribution in [2.45, 2.75) is 39.7 Å². The van der Waals surface area contributed by atoms with Gasteiger partial charge in [0.15, 0.2) is 0 Å². The molecule has 0 aromatic carbocycles. The zero-order valence-electron chi connectivity index (χ0n) is 11.5. The zero-order chi connectivity index (χ0) is 13.3. The van der Waals surface area contributed by atoms with Crippen LogP contribution in [0.2, 0.25) is 0 Å². The van der Waals surface area contributed by atoms with Crippen molar-refractivity contribution in [1.82, 2.24) is 4.90 Å². The molecule has 3 N–H and O–H groups in total. The molecule has 1 unspecified atom stereocenters. The van der Waals surface area contributed by atoms with Crippen molar-refractivity contribution in [3.05, 3.63) is 0 Å². The zero-order valence-corrected chi connectivity index (χ0v) is 11.5. The van der Waals surface area contributed by atoms with Crippen LogP contribution in [0.3, 0.4) is 0 Å². The van der Waals surface area contributed by atoms with Crippen LogP contribution >= 0.6 is 0 Å². The Morgan fingerprint density at radius 2 is 2.00 bits per heavy atom. The summed E-state index contributed by atoms with van der Waals surface area (Å²) in [6.45, 7) is 8.72. The molecule has 0 aromatic heterocycles. The lowest BCUT2D eigenvalue weighted by molar-refractivity contribution is 0.110. The molecule has 0 aliphatic rings. The van der Waals surface area contributed by atoms with E-state index in [9.17, 15) is 0 Å². The van der Waals surface area contributed by atoms with Crippen LogP contribution in [0.25, 0.3) is 0 Å². The van der Waals surface area contributed by atoms with Gasteiger partial charge in [-0.15, -0.1) is 0 Å². The summed E-state index contributed by atoms with van der Waals surface area (Å²) in [5.74, 6) is 0.343. The van der Waals surface area contributed by atoms with Gasteiger partial charge in [-0.3, -0.25) is 4.90 Å². The van der Waals surface area contributed by atoms with E-state index in [1.807, 2.05) is 6.92 Å². The van der Waals surface area contributed by atoms with Crippen molar-refractivity contribution >= 4 is 5.84 Å². The number of oxime groups is 1. The number of amidine groups is 1. The molecule has 0 saturated carbocycles. The van der Waals surface area contributed by atoms with E-state index in [2.05, 4.69) is 23.9 Å². The van der Waals surface area contributed by atoms with Crippen LogP contribution in [0, 0.1) is 5.92 Å². The minimum atomic E-state index is 0.0532. The van der Waals surface area contributed by atoms with Crippen LogP contribution in [0.15, 0.2) is 5.16 Å². The lowest BCUT2D eigenvalue weighted by Crippen LogP contribution is -2.42. The molecule has 0 saturated heterocycles. The molecule has 102 valence electrons. The van der Waals surface area contributed by atoms with Crippen LogP contribution in [0.5, 0.6) is 0 Å². The standard InChI is InChI=1S/C12H27N3O2/c1-5-11(6-2)15(7-8-17-4)9-10(3)12(13)14-16/h10-11,16H,5-9H2,1-4H3,(H2,13,14). The number of methoxy groups -OCH3 is 1. The second kappa shape index (κ2) is 9.24. The van der Waals surface area contributed by atoms with Crippen LogP contribution in [0.1, 0.15) is 33.6 Å². The van der Waals surface area contributed by atoms with Crippen molar-refractivity contribution in [1.29, 1.82) is 0 Å². The number of hydrogen-bond acceptors (Lipinski definition) is 4. The fourth-order valence-corrected chi connectivity index (χ4v) is 1.98. The Hall–Kier alpha value is -0.810. The Kier molecular flexibility index (Phi) is 8.80. The van der Waals surface area contributed by atoms with Gasteiger partial charge in [0.25, 0.3) is 0 Å². The van der Waals surface area contributed by atoms with Crippen molar-refractivity contribution in [3.8, 4) is 0 Å². The lowest BCUT2D eigenvalue weighted by Gasteiger charge is -2.32. The second-order valence-corrected chi connectivity index (χ2v) is 4.38. The first-order valence-corrected chi connectivity index (χ1v) is 6.30. The number of nitrogens with zero attached hydrogens (tertiary/aromatic N) is 2. The molecular weight excluding hydrogens is 218 g/mol. The average Bonchev–Trinajstić information content (AvgIpc) is 2.35. The van der Waals surface area contributed by atoms with E-state index in [0.717, 1.165) is 25.9 Å². The molecule has 0 aromatic rings. The van der Waals surface area contributed by atoms with E-state index in [4.69, 9.17) is 15.7 Å². The van der Waals surface area contributed by atoms with E-state index in [1.165, 1.54) is 0 Å². The Morgan fingerprint density at radius 3 is 2.41 bits per heavy atom. The summed E-state index contributed by atoms with van der Waals surface area (Å²) in [6, 6.07) is 0.527. The van der Waals surface area contributed by atoms with Gasteiger partial charge in [-0.2, -0.15) is 0 Å². The molecule has 5 heteroatoms. The van der Waals surface area contributed by atoms with E-state index < -0.39 is 0 Å². The first-order valence-electron chi connectivity index (χ1n) is 6.30. The summed E-state index contributed by atoms with van der Waals surface area (Å²) >= 11 is 0. The molecule has 1 atom stereocenters. The molecular formula is C12H27N3O2. The summed E-state index contributed by atoms with van der Waals surface area (Å²) < 4.78 is 5.13. The van der Waals surface area contributed by atoms with Crippen molar-refractivity contribution < 1.29 is 9.94 Å². The molecule has 0 amide bonds. The molecule has 0 radical (unpaired) electrons. The van der Waals surface area contributed by atoms with Gasteiger partial charge in [0.1, 0.15) is 5.84 Å². The third kappa shape index (κ3) is 5.89. The lowest BCUT2D eigenvalue weighted by atomic mass is 10.1. The van der Waals surface area contributed by atoms with Crippen LogP contribution in [-0.4, -0.2) is 48.8 Å². The van der Waals surface area contributed by atoms with Crippen LogP contribution in [0.4, 0.5) is 0 Å². The highest BCUT2D eigenvalue weighted by Gasteiger charge is 2.19. The Balaban J connectivity index is 4.46. The highest BCUT2D eigenvalue weighted by molar-refractivity contribution is 5.82. The maximum Gasteiger partial charge on any atom is 0.143 e. The molecule has 0 fully saturated rings. The quantitative estimate of drug-likeness (QED) is 0.279. The smallest absolute Gasteiger partial charge is 0.143 e. The van der Waals surface area contributed by atoms with Gasteiger partial charge in [0.05, 0.1) is 6.61 Å². The normalized spacial score (nSPS) is 14.6. The highest BCUT2D eigenvalue weighted by atomic mass is 16.5. The maximum atomic E-state index is 8.67.